The van der Waals surface area contributed by atoms with Crippen molar-refractivity contribution in [2.75, 3.05) is 0 Å². The van der Waals surface area contributed by atoms with Crippen LogP contribution in [0, 0.1) is 11.6 Å². The number of hydrogen-bond donors (Lipinski definition) is 1. The molecule has 0 heterocycles. The molecule has 20 heavy (non-hydrogen) atoms. The van der Waals surface area contributed by atoms with Gasteiger partial charge in [-0.3, -0.25) is 0 Å². The summed E-state index contributed by atoms with van der Waals surface area (Å²) in [4.78, 5) is 0.125. The third-order valence-corrected chi connectivity index (χ3v) is 2.96. The van der Waals surface area contributed by atoms with Crippen molar-refractivity contribution >= 4 is 17.2 Å². The molecule has 0 radical (unpaired) electrons. The standard InChI is InChI=1S/C15H13F2NOS/c16-13-6-10(5-12(7-13)15(18)20)8-19-9-11-3-1-2-4-14(11)17/h1-7H,8-9H2,(H2,18,20). The van der Waals surface area contributed by atoms with Crippen LogP contribution in [-0.4, -0.2) is 4.99 Å². The molecule has 2 N–H and O–H groups in total. The topological polar surface area (TPSA) is 35.2 Å². The van der Waals surface area contributed by atoms with Gasteiger partial charge in [-0.1, -0.05) is 30.4 Å². The summed E-state index contributed by atoms with van der Waals surface area (Å²) in [6, 6.07) is 10.6. The zero-order chi connectivity index (χ0) is 14.5. The van der Waals surface area contributed by atoms with Crippen molar-refractivity contribution in [3.05, 3.63) is 70.8 Å². The Morgan fingerprint density at radius 2 is 1.85 bits per heavy atom. The quantitative estimate of drug-likeness (QED) is 0.859. The molecule has 104 valence electrons. The largest absolute Gasteiger partial charge is 0.389 e. The molecule has 0 fully saturated rings. The van der Waals surface area contributed by atoms with Crippen LogP contribution in [-0.2, 0) is 18.0 Å². The molecule has 0 atom stereocenters. The highest BCUT2D eigenvalue weighted by molar-refractivity contribution is 7.80. The summed E-state index contributed by atoms with van der Waals surface area (Å²) in [6.07, 6.45) is 0. The molecule has 2 aromatic rings. The molecule has 0 spiro atoms. The first kappa shape index (κ1) is 14.6. The van der Waals surface area contributed by atoms with Gasteiger partial charge in [0.25, 0.3) is 0 Å². The number of nitrogens with two attached hydrogens (primary N) is 1. The number of hydrogen-bond acceptors (Lipinski definition) is 2. The van der Waals surface area contributed by atoms with Crippen LogP contribution in [0.4, 0.5) is 8.78 Å². The Kier molecular flexibility index (Phi) is 4.76. The molecule has 2 nitrogen and oxygen atoms in total. The second-order valence-electron chi connectivity index (χ2n) is 4.30. The van der Waals surface area contributed by atoms with Crippen LogP contribution in [0.25, 0.3) is 0 Å². The van der Waals surface area contributed by atoms with Gasteiger partial charge < -0.3 is 10.5 Å². The molecular weight excluding hydrogens is 280 g/mol. The van der Waals surface area contributed by atoms with Gasteiger partial charge in [-0.2, -0.15) is 0 Å². The summed E-state index contributed by atoms with van der Waals surface area (Å²) in [5.74, 6) is -0.754. The fraction of sp³-hybridized carbons (Fsp3) is 0.133. The zero-order valence-corrected chi connectivity index (χ0v) is 11.4. The number of thiocarbonyl (C=S) groups is 1. The van der Waals surface area contributed by atoms with Gasteiger partial charge in [0.1, 0.15) is 16.6 Å². The van der Waals surface area contributed by atoms with Crippen LogP contribution >= 0.6 is 12.2 Å². The van der Waals surface area contributed by atoms with Gasteiger partial charge >= 0.3 is 0 Å². The predicted octanol–water partition coefficient (Wildman–Crippen LogP) is 3.32. The summed E-state index contributed by atoms with van der Waals surface area (Å²) in [7, 11) is 0. The maximum atomic E-state index is 13.4. The van der Waals surface area contributed by atoms with E-state index in [0.717, 1.165) is 0 Å². The molecule has 5 heteroatoms. The van der Waals surface area contributed by atoms with E-state index in [1.807, 2.05) is 0 Å². The molecular formula is C15H13F2NOS. The molecule has 0 aromatic heterocycles. The summed E-state index contributed by atoms with van der Waals surface area (Å²) in [6.45, 7) is 0.271. The summed E-state index contributed by atoms with van der Waals surface area (Å²) < 4.78 is 32.1. The van der Waals surface area contributed by atoms with Crippen molar-refractivity contribution in [1.82, 2.24) is 0 Å². The van der Waals surface area contributed by atoms with E-state index in [0.29, 0.717) is 16.7 Å². The van der Waals surface area contributed by atoms with Gasteiger partial charge in [-0.05, 0) is 29.8 Å². The van der Waals surface area contributed by atoms with E-state index in [-0.39, 0.29) is 24.0 Å². The molecule has 0 saturated carbocycles. The lowest BCUT2D eigenvalue weighted by Gasteiger charge is -2.07. The first-order valence-electron chi connectivity index (χ1n) is 5.96. The van der Waals surface area contributed by atoms with Crippen LogP contribution in [0.5, 0.6) is 0 Å². The third-order valence-electron chi connectivity index (χ3n) is 2.73. The lowest BCUT2D eigenvalue weighted by molar-refractivity contribution is 0.104. The van der Waals surface area contributed by atoms with Gasteiger partial charge in [0, 0.05) is 11.1 Å². The van der Waals surface area contributed by atoms with E-state index in [1.165, 1.54) is 18.2 Å². The number of rotatable bonds is 5. The summed E-state index contributed by atoms with van der Waals surface area (Å²) in [5.41, 5.74) is 6.97. The Labute approximate surface area is 121 Å². The predicted molar refractivity (Wildman–Crippen MR) is 77.2 cm³/mol. The third kappa shape index (κ3) is 3.82. The summed E-state index contributed by atoms with van der Waals surface area (Å²) in [5, 5.41) is 0. The Bertz CT molecular complexity index is 631. The highest BCUT2D eigenvalue weighted by atomic mass is 32.1. The van der Waals surface area contributed by atoms with Gasteiger partial charge in [0.05, 0.1) is 13.2 Å². The van der Waals surface area contributed by atoms with Gasteiger partial charge in [-0.25, -0.2) is 8.78 Å². The van der Waals surface area contributed by atoms with Crippen molar-refractivity contribution in [1.29, 1.82) is 0 Å². The van der Waals surface area contributed by atoms with E-state index in [2.05, 4.69) is 0 Å². The average Bonchev–Trinajstić information content (AvgIpc) is 2.40. The highest BCUT2D eigenvalue weighted by Crippen LogP contribution is 2.13. The highest BCUT2D eigenvalue weighted by Gasteiger charge is 2.05. The second kappa shape index (κ2) is 6.54. The van der Waals surface area contributed by atoms with E-state index in [9.17, 15) is 8.78 Å². The SMILES string of the molecule is NC(=S)c1cc(F)cc(COCc2ccccc2F)c1. The maximum Gasteiger partial charge on any atom is 0.128 e. The Morgan fingerprint density at radius 3 is 2.55 bits per heavy atom. The molecule has 0 saturated heterocycles. The molecule has 0 amide bonds. The van der Waals surface area contributed by atoms with Crippen LogP contribution in [0.3, 0.4) is 0 Å². The van der Waals surface area contributed by atoms with Crippen LogP contribution in [0.15, 0.2) is 42.5 Å². The van der Waals surface area contributed by atoms with Crippen LogP contribution in [0.2, 0.25) is 0 Å². The number of benzene rings is 2. The van der Waals surface area contributed by atoms with Gasteiger partial charge in [0.15, 0.2) is 0 Å². The van der Waals surface area contributed by atoms with E-state index in [1.54, 1.807) is 24.3 Å². The van der Waals surface area contributed by atoms with Crippen molar-refractivity contribution in [3.8, 4) is 0 Å². The molecule has 0 unspecified atom stereocenters. The molecule has 2 aromatic carbocycles. The maximum absolute atomic E-state index is 13.4. The van der Waals surface area contributed by atoms with Crippen molar-refractivity contribution in [2.24, 2.45) is 5.73 Å². The molecule has 0 aliphatic heterocycles. The number of halogens is 2. The molecule has 0 aliphatic rings. The minimum Gasteiger partial charge on any atom is -0.389 e. The van der Waals surface area contributed by atoms with Crippen molar-refractivity contribution < 1.29 is 13.5 Å². The molecule has 0 aliphatic carbocycles. The van der Waals surface area contributed by atoms with Crippen LogP contribution < -0.4 is 5.73 Å². The monoisotopic (exact) mass is 293 g/mol. The van der Waals surface area contributed by atoms with E-state index in [4.69, 9.17) is 22.7 Å². The van der Waals surface area contributed by atoms with Gasteiger partial charge in [0.2, 0.25) is 0 Å². The second-order valence-corrected chi connectivity index (χ2v) is 4.74. The average molecular weight is 293 g/mol. The Morgan fingerprint density at radius 1 is 1.10 bits per heavy atom. The van der Waals surface area contributed by atoms with Crippen molar-refractivity contribution in [2.45, 2.75) is 13.2 Å². The minimum absolute atomic E-state index is 0.117. The number of ether oxygens (including phenoxy) is 1. The van der Waals surface area contributed by atoms with Gasteiger partial charge in [-0.15, -0.1) is 0 Å². The summed E-state index contributed by atoms with van der Waals surface area (Å²) >= 11 is 4.81. The fourth-order valence-corrected chi connectivity index (χ4v) is 1.89. The first-order valence-corrected chi connectivity index (χ1v) is 6.37. The normalized spacial score (nSPS) is 10.5. The fourth-order valence-electron chi connectivity index (χ4n) is 1.77. The lowest BCUT2D eigenvalue weighted by atomic mass is 10.1. The Balaban J connectivity index is 2.01. The van der Waals surface area contributed by atoms with Crippen LogP contribution in [0.1, 0.15) is 16.7 Å². The first-order chi connectivity index (χ1) is 9.56. The smallest absolute Gasteiger partial charge is 0.128 e. The van der Waals surface area contributed by atoms with E-state index >= 15 is 0 Å². The lowest BCUT2D eigenvalue weighted by Crippen LogP contribution is -2.10. The molecule has 2 rings (SSSR count). The van der Waals surface area contributed by atoms with E-state index < -0.39 is 5.82 Å². The van der Waals surface area contributed by atoms with Crippen molar-refractivity contribution in [3.63, 3.8) is 0 Å². The zero-order valence-electron chi connectivity index (χ0n) is 10.6. The molecule has 0 bridgehead atoms. The Hall–Kier alpha value is -1.85. The minimum atomic E-state index is -0.431.